The van der Waals surface area contributed by atoms with E-state index in [2.05, 4.69) is 0 Å². The number of carbonyl (C=O) groups excluding carboxylic acids is 3. The first-order valence-corrected chi connectivity index (χ1v) is 6.17. The number of aliphatic hydroxyl groups excluding tert-OH is 1. The van der Waals surface area contributed by atoms with Gasteiger partial charge in [-0.2, -0.15) is 0 Å². The fraction of sp³-hybridized carbons (Fsp3) is 0.769. The van der Waals surface area contributed by atoms with Crippen molar-refractivity contribution in [3.8, 4) is 0 Å². The van der Waals surface area contributed by atoms with Gasteiger partial charge in [0, 0.05) is 6.42 Å². The predicted octanol–water partition coefficient (Wildman–Crippen LogP) is 0.992. The Balaban J connectivity index is 3.99. The number of hydrogen-bond donors (Lipinski definition) is 1. The molecule has 0 rings (SSSR count). The van der Waals surface area contributed by atoms with Crippen LogP contribution in [0.4, 0.5) is 0 Å². The van der Waals surface area contributed by atoms with E-state index in [1.165, 1.54) is 13.8 Å². The molecule has 1 N–H and O–H groups in total. The number of rotatable bonds is 8. The molecule has 1 unspecified atom stereocenters. The largest absolute Gasteiger partial charge is 0.465 e. The van der Waals surface area contributed by atoms with Crippen LogP contribution in [0.3, 0.4) is 0 Å². The molecule has 6 heteroatoms. The monoisotopic (exact) mass is 274 g/mol. The molecule has 110 valence electrons. The van der Waals surface area contributed by atoms with Gasteiger partial charge in [-0.3, -0.25) is 14.4 Å². The number of Topliss-reactive ketones (excluding diaryl/α,β-unsaturated/α-hetero) is 1. The first-order chi connectivity index (χ1) is 8.62. The fourth-order valence-corrected chi connectivity index (χ4v) is 1.31. The van der Waals surface area contributed by atoms with Crippen LogP contribution in [-0.2, 0) is 23.9 Å². The molecule has 0 bridgehead atoms. The maximum absolute atomic E-state index is 11.3. The SMILES string of the molecule is CC(=O)CC(=O)OC(C)(C)CCOC(=O)CC(C)O. The number of esters is 2. The summed E-state index contributed by atoms with van der Waals surface area (Å²) in [7, 11) is 0. The Morgan fingerprint density at radius 1 is 1.21 bits per heavy atom. The normalized spacial score (nSPS) is 12.7. The van der Waals surface area contributed by atoms with Crippen LogP contribution in [0.5, 0.6) is 0 Å². The van der Waals surface area contributed by atoms with Crippen molar-refractivity contribution in [1.82, 2.24) is 0 Å². The van der Waals surface area contributed by atoms with E-state index in [4.69, 9.17) is 14.6 Å². The highest BCUT2D eigenvalue weighted by atomic mass is 16.6. The highest BCUT2D eigenvalue weighted by Crippen LogP contribution is 2.15. The van der Waals surface area contributed by atoms with Crippen LogP contribution >= 0.6 is 0 Å². The molecule has 0 spiro atoms. The number of hydrogen-bond acceptors (Lipinski definition) is 6. The van der Waals surface area contributed by atoms with Gasteiger partial charge in [0.1, 0.15) is 17.8 Å². The summed E-state index contributed by atoms with van der Waals surface area (Å²) in [6, 6.07) is 0. The van der Waals surface area contributed by atoms with E-state index in [0.717, 1.165) is 0 Å². The van der Waals surface area contributed by atoms with Crippen LogP contribution in [0.15, 0.2) is 0 Å². The van der Waals surface area contributed by atoms with Gasteiger partial charge in [0.25, 0.3) is 0 Å². The standard InChI is InChI=1S/C13H22O6/c1-9(14)7-11(16)18-6-5-13(3,4)19-12(17)8-10(2)15/h9,14H,5-8H2,1-4H3. The van der Waals surface area contributed by atoms with Crippen molar-refractivity contribution in [3.05, 3.63) is 0 Å². The van der Waals surface area contributed by atoms with Gasteiger partial charge in [0.05, 0.1) is 19.1 Å². The quantitative estimate of drug-likeness (QED) is 0.524. The summed E-state index contributed by atoms with van der Waals surface area (Å²) in [5.41, 5.74) is -0.808. The molecule has 0 aliphatic carbocycles. The summed E-state index contributed by atoms with van der Waals surface area (Å²) in [4.78, 5) is 33.3. The first kappa shape index (κ1) is 17.6. The molecule has 0 amide bonds. The van der Waals surface area contributed by atoms with Crippen LogP contribution in [0.25, 0.3) is 0 Å². The minimum absolute atomic E-state index is 0.0649. The van der Waals surface area contributed by atoms with Crippen molar-refractivity contribution in [2.24, 2.45) is 0 Å². The zero-order valence-electron chi connectivity index (χ0n) is 11.9. The van der Waals surface area contributed by atoms with Crippen LogP contribution in [0.2, 0.25) is 0 Å². The summed E-state index contributed by atoms with van der Waals surface area (Å²) in [5, 5.41) is 8.98. The van der Waals surface area contributed by atoms with E-state index in [1.54, 1.807) is 13.8 Å². The minimum atomic E-state index is -0.808. The number of ether oxygens (including phenoxy) is 2. The van der Waals surface area contributed by atoms with Crippen molar-refractivity contribution >= 4 is 17.7 Å². The van der Waals surface area contributed by atoms with Crippen LogP contribution in [-0.4, -0.2) is 41.1 Å². The third kappa shape index (κ3) is 10.2. The summed E-state index contributed by atoms with van der Waals surface area (Å²) in [6.07, 6.45) is -0.744. The van der Waals surface area contributed by atoms with E-state index in [9.17, 15) is 14.4 Å². The molecule has 0 aromatic heterocycles. The Hall–Kier alpha value is -1.43. The molecule has 0 aliphatic rings. The van der Waals surface area contributed by atoms with Crippen molar-refractivity contribution < 1.29 is 29.0 Å². The molecule has 0 fully saturated rings. The molecule has 0 heterocycles. The van der Waals surface area contributed by atoms with Crippen molar-refractivity contribution in [2.45, 2.75) is 58.7 Å². The molecule has 0 saturated carbocycles. The first-order valence-electron chi connectivity index (χ1n) is 6.17. The zero-order chi connectivity index (χ0) is 15.1. The maximum Gasteiger partial charge on any atom is 0.313 e. The van der Waals surface area contributed by atoms with E-state index < -0.39 is 23.6 Å². The van der Waals surface area contributed by atoms with Gasteiger partial charge in [-0.15, -0.1) is 0 Å². The number of aliphatic hydroxyl groups is 1. The van der Waals surface area contributed by atoms with Crippen molar-refractivity contribution in [1.29, 1.82) is 0 Å². The lowest BCUT2D eigenvalue weighted by atomic mass is 10.1. The third-order valence-corrected chi connectivity index (χ3v) is 2.21. The van der Waals surface area contributed by atoms with Crippen LogP contribution < -0.4 is 0 Å². The number of ketones is 1. The Morgan fingerprint density at radius 2 is 1.79 bits per heavy atom. The Morgan fingerprint density at radius 3 is 2.26 bits per heavy atom. The van der Waals surface area contributed by atoms with E-state index >= 15 is 0 Å². The highest BCUT2D eigenvalue weighted by molar-refractivity contribution is 5.94. The molecule has 1 atom stereocenters. The lowest BCUT2D eigenvalue weighted by Crippen LogP contribution is -2.30. The van der Waals surface area contributed by atoms with E-state index in [0.29, 0.717) is 6.42 Å². The zero-order valence-corrected chi connectivity index (χ0v) is 11.9. The second kappa shape index (κ2) is 7.89. The molecule has 19 heavy (non-hydrogen) atoms. The lowest BCUT2D eigenvalue weighted by Gasteiger charge is -2.24. The molecule has 6 nitrogen and oxygen atoms in total. The average molecular weight is 274 g/mol. The van der Waals surface area contributed by atoms with Gasteiger partial charge in [0.15, 0.2) is 0 Å². The topological polar surface area (TPSA) is 89.9 Å². The summed E-state index contributed by atoms with van der Waals surface area (Å²) < 4.78 is 10.0. The molecule has 0 aliphatic heterocycles. The summed E-state index contributed by atoms with van der Waals surface area (Å²) in [5.74, 6) is -1.35. The Labute approximate surface area is 113 Å². The van der Waals surface area contributed by atoms with Gasteiger partial charge in [0.2, 0.25) is 0 Å². The second-order valence-corrected chi connectivity index (χ2v) is 5.14. The van der Waals surface area contributed by atoms with E-state index in [-0.39, 0.29) is 25.2 Å². The summed E-state index contributed by atoms with van der Waals surface area (Å²) >= 11 is 0. The third-order valence-electron chi connectivity index (χ3n) is 2.21. The highest BCUT2D eigenvalue weighted by Gasteiger charge is 2.24. The van der Waals surface area contributed by atoms with Gasteiger partial charge >= 0.3 is 11.9 Å². The number of carbonyl (C=O) groups is 3. The van der Waals surface area contributed by atoms with Crippen LogP contribution in [0.1, 0.15) is 47.0 Å². The smallest absolute Gasteiger partial charge is 0.313 e. The Kier molecular flexibility index (Phi) is 7.29. The lowest BCUT2D eigenvalue weighted by molar-refractivity contribution is -0.160. The molecular weight excluding hydrogens is 252 g/mol. The molecule has 0 aromatic rings. The predicted molar refractivity (Wildman–Crippen MR) is 67.3 cm³/mol. The second-order valence-electron chi connectivity index (χ2n) is 5.14. The fourth-order valence-electron chi connectivity index (χ4n) is 1.31. The van der Waals surface area contributed by atoms with Gasteiger partial charge in [-0.1, -0.05) is 0 Å². The van der Waals surface area contributed by atoms with Crippen molar-refractivity contribution in [3.63, 3.8) is 0 Å². The molecule has 0 radical (unpaired) electrons. The Bertz CT molecular complexity index is 332. The average Bonchev–Trinajstić information content (AvgIpc) is 2.12. The molecule has 0 aromatic carbocycles. The molecular formula is C13H22O6. The minimum Gasteiger partial charge on any atom is -0.465 e. The van der Waals surface area contributed by atoms with Gasteiger partial charge < -0.3 is 14.6 Å². The summed E-state index contributed by atoms with van der Waals surface area (Å²) in [6.45, 7) is 6.24. The van der Waals surface area contributed by atoms with Crippen LogP contribution in [0, 0.1) is 0 Å². The van der Waals surface area contributed by atoms with Crippen molar-refractivity contribution in [2.75, 3.05) is 6.61 Å². The molecule has 0 saturated heterocycles. The maximum atomic E-state index is 11.3. The van der Waals surface area contributed by atoms with Gasteiger partial charge in [-0.05, 0) is 27.7 Å². The van der Waals surface area contributed by atoms with Gasteiger partial charge in [-0.25, -0.2) is 0 Å². The van der Waals surface area contributed by atoms with E-state index in [1.807, 2.05) is 0 Å².